The first kappa shape index (κ1) is 21.1. The van der Waals surface area contributed by atoms with Crippen molar-refractivity contribution in [1.29, 1.82) is 0 Å². The van der Waals surface area contributed by atoms with E-state index in [4.69, 9.17) is 4.42 Å². The number of benzene rings is 2. The van der Waals surface area contributed by atoms with Crippen molar-refractivity contribution in [2.45, 2.75) is 38.3 Å². The second kappa shape index (κ2) is 8.39. The highest BCUT2D eigenvalue weighted by Gasteiger charge is 2.30. The number of hydrogen-bond donors (Lipinski definition) is 1. The Balaban J connectivity index is 1.81. The zero-order valence-electron chi connectivity index (χ0n) is 17.0. The van der Waals surface area contributed by atoms with Gasteiger partial charge in [0.2, 0.25) is 15.9 Å². The quantitative estimate of drug-likeness (QED) is 0.639. The predicted octanol–water partition coefficient (Wildman–Crippen LogP) is 3.70. The number of nitrogens with zero attached hydrogens (tertiary/aromatic N) is 1. The van der Waals surface area contributed by atoms with Crippen LogP contribution < -0.4 is 4.72 Å². The smallest absolute Gasteiger partial charge is 0.241 e. The molecule has 1 heterocycles. The third-order valence-corrected chi connectivity index (χ3v) is 6.25. The average molecular weight is 415 g/mol. The van der Waals surface area contributed by atoms with Gasteiger partial charge < -0.3 is 9.32 Å². The van der Waals surface area contributed by atoms with Crippen molar-refractivity contribution in [2.24, 2.45) is 5.92 Å². The molecule has 1 aromatic heterocycles. The van der Waals surface area contributed by atoms with Crippen molar-refractivity contribution < 1.29 is 17.6 Å². The Morgan fingerprint density at radius 1 is 1.07 bits per heavy atom. The summed E-state index contributed by atoms with van der Waals surface area (Å²) in [6.07, 6.45) is 0. The van der Waals surface area contributed by atoms with Crippen molar-refractivity contribution in [3.05, 3.63) is 66.1 Å². The number of rotatable bonds is 7. The highest BCUT2D eigenvalue weighted by atomic mass is 32.2. The summed E-state index contributed by atoms with van der Waals surface area (Å²) in [4.78, 5) is 14.6. The van der Waals surface area contributed by atoms with Crippen molar-refractivity contribution >= 4 is 26.7 Å². The topological polar surface area (TPSA) is 79.6 Å². The molecule has 0 aliphatic heterocycles. The molecular formula is C22H26N2O4S. The minimum Gasteiger partial charge on any atom is -0.464 e. The van der Waals surface area contributed by atoms with E-state index in [2.05, 4.69) is 4.72 Å². The number of aryl methyl sites for hydroxylation is 1. The van der Waals surface area contributed by atoms with Crippen molar-refractivity contribution in [3.8, 4) is 0 Å². The van der Waals surface area contributed by atoms with E-state index in [1.165, 1.54) is 4.90 Å². The molecule has 3 aromatic rings. The monoisotopic (exact) mass is 414 g/mol. The van der Waals surface area contributed by atoms with E-state index in [9.17, 15) is 13.2 Å². The molecule has 3 rings (SSSR count). The number of hydrogen-bond acceptors (Lipinski definition) is 4. The molecule has 1 atom stereocenters. The standard InChI is InChI=1S/C22H26N2O4S/c1-15(2)21(22(25)24(4)14-19-11-9-16(3)28-19)23-29(26,27)20-12-10-17-7-5-6-8-18(17)13-20/h5-13,15,21,23H,14H2,1-4H3/t21-/m0/s1. The van der Waals surface area contributed by atoms with E-state index >= 15 is 0 Å². The number of sulfonamides is 1. The van der Waals surface area contributed by atoms with Gasteiger partial charge in [0, 0.05) is 7.05 Å². The van der Waals surface area contributed by atoms with Gasteiger partial charge in [0.05, 0.1) is 11.4 Å². The molecule has 0 unspecified atom stereocenters. The summed E-state index contributed by atoms with van der Waals surface area (Å²) < 4.78 is 34.1. The minimum atomic E-state index is -3.86. The highest BCUT2D eigenvalue weighted by molar-refractivity contribution is 7.89. The van der Waals surface area contributed by atoms with Crippen molar-refractivity contribution in [1.82, 2.24) is 9.62 Å². The maximum atomic E-state index is 13.0. The molecule has 0 fully saturated rings. The summed E-state index contributed by atoms with van der Waals surface area (Å²) in [5, 5.41) is 1.78. The maximum absolute atomic E-state index is 13.0. The zero-order chi connectivity index (χ0) is 21.2. The lowest BCUT2D eigenvalue weighted by atomic mass is 10.0. The summed E-state index contributed by atoms with van der Waals surface area (Å²) >= 11 is 0. The van der Waals surface area contributed by atoms with Crippen LogP contribution in [0.4, 0.5) is 0 Å². The van der Waals surface area contributed by atoms with Gasteiger partial charge >= 0.3 is 0 Å². The molecule has 0 saturated carbocycles. The predicted molar refractivity (Wildman–Crippen MR) is 113 cm³/mol. The Labute approximate surface area is 171 Å². The van der Waals surface area contributed by atoms with E-state index in [0.29, 0.717) is 5.76 Å². The van der Waals surface area contributed by atoms with Gasteiger partial charge in [0.1, 0.15) is 17.6 Å². The van der Waals surface area contributed by atoms with Crippen LogP contribution in [0.3, 0.4) is 0 Å². The maximum Gasteiger partial charge on any atom is 0.241 e. The van der Waals surface area contributed by atoms with Crippen LogP contribution in [0.5, 0.6) is 0 Å². The lowest BCUT2D eigenvalue weighted by molar-refractivity contribution is -0.133. The molecule has 6 nitrogen and oxygen atoms in total. The average Bonchev–Trinajstić information content (AvgIpc) is 3.09. The summed E-state index contributed by atoms with van der Waals surface area (Å²) in [5.41, 5.74) is 0. The van der Waals surface area contributed by atoms with E-state index in [1.54, 1.807) is 25.2 Å². The van der Waals surface area contributed by atoms with E-state index in [0.717, 1.165) is 16.5 Å². The van der Waals surface area contributed by atoms with Crippen molar-refractivity contribution in [3.63, 3.8) is 0 Å². The van der Waals surface area contributed by atoms with Crippen LogP contribution in [0.1, 0.15) is 25.4 Å². The van der Waals surface area contributed by atoms with Gasteiger partial charge in [-0.25, -0.2) is 8.42 Å². The molecule has 1 N–H and O–H groups in total. The number of fused-ring (bicyclic) bond motifs is 1. The number of furan rings is 1. The van der Waals surface area contributed by atoms with Gasteiger partial charge in [-0.05, 0) is 47.9 Å². The van der Waals surface area contributed by atoms with Gasteiger partial charge in [-0.2, -0.15) is 4.72 Å². The Hall–Kier alpha value is -2.64. The summed E-state index contributed by atoms with van der Waals surface area (Å²) in [6.45, 7) is 5.74. The molecule has 0 radical (unpaired) electrons. The Morgan fingerprint density at radius 2 is 1.76 bits per heavy atom. The normalized spacial score (nSPS) is 13.0. The van der Waals surface area contributed by atoms with Gasteiger partial charge in [0.25, 0.3) is 0 Å². The SMILES string of the molecule is Cc1ccc(CN(C)C(=O)[C@@H](NS(=O)(=O)c2ccc3ccccc3c2)C(C)C)o1. The fourth-order valence-electron chi connectivity index (χ4n) is 3.16. The Kier molecular flexibility index (Phi) is 6.10. The minimum absolute atomic E-state index is 0.138. The first-order chi connectivity index (χ1) is 13.7. The van der Waals surface area contributed by atoms with Gasteiger partial charge in [0.15, 0.2) is 0 Å². The molecule has 0 spiro atoms. The fourth-order valence-corrected chi connectivity index (χ4v) is 4.53. The lowest BCUT2D eigenvalue weighted by Crippen LogP contribution is -2.49. The summed E-state index contributed by atoms with van der Waals surface area (Å²) in [7, 11) is -2.23. The highest BCUT2D eigenvalue weighted by Crippen LogP contribution is 2.20. The molecule has 2 aromatic carbocycles. The van der Waals surface area contributed by atoms with Gasteiger partial charge in [-0.1, -0.05) is 44.2 Å². The Bertz CT molecular complexity index is 1120. The number of nitrogens with one attached hydrogen (secondary N) is 1. The third-order valence-electron chi connectivity index (χ3n) is 4.81. The second-order valence-corrected chi connectivity index (χ2v) is 9.27. The zero-order valence-corrected chi connectivity index (χ0v) is 17.9. The van der Waals surface area contributed by atoms with E-state index < -0.39 is 16.1 Å². The fraction of sp³-hybridized carbons (Fsp3) is 0.318. The Morgan fingerprint density at radius 3 is 2.38 bits per heavy atom. The lowest BCUT2D eigenvalue weighted by Gasteiger charge is -2.26. The largest absolute Gasteiger partial charge is 0.464 e. The molecule has 7 heteroatoms. The molecule has 29 heavy (non-hydrogen) atoms. The summed E-state index contributed by atoms with van der Waals surface area (Å²) in [6, 6.07) is 15.2. The molecule has 154 valence electrons. The number of carbonyl (C=O) groups excluding carboxylic acids is 1. The van der Waals surface area contributed by atoms with Gasteiger partial charge in [-0.3, -0.25) is 4.79 Å². The number of carbonyl (C=O) groups is 1. The molecule has 0 aliphatic carbocycles. The van der Waals surface area contributed by atoms with Crippen molar-refractivity contribution in [2.75, 3.05) is 7.05 Å². The molecule has 0 aliphatic rings. The van der Waals surface area contributed by atoms with Crippen LogP contribution in [0.15, 0.2) is 63.9 Å². The molecule has 0 saturated heterocycles. The van der Waals surface area contributed by atoms with Crippen LogP contribution in [-0.2, 0) is 21.4 Å². The third kappa shape index (κ3) is 4.86. The van der Waals surface area contributed by atoms with Crippen LogP contribution in [-0.4, -0.2) is 32.3 Å². The number of likely N-dealkylation sites (N-methyl/N-ethyl adjacent to an activating group) is 1. The van der Waals surface area contributed by atoms with E-state index in [-0.39, 0.29) is 23.3 Å². The molecular weight excluding hydrogens is 388 g/mol. The first-order valence-electron chi connectivity index (χ1n) is 9.49. The first-order valence-corrected chi connectivity index (χ1v) is 11.0. The van der Waals surface area contributed by atoms with Gasteiger partial charge in [-0.15, -0.1) is 0 Å². The van der Waals surface area contributed by atoms with Crippen LogP contribution in [0.2, 0.25) is 0 Å². The van der Waals surface area contributed by atoms with Crippen LogP contribution >= 0.6 is 0 Å². The second-order valence-electron chi connectivity index (χ2n) is 7.56. The molecule has 0 bridgehead atoms. The molecule has 1 amide bonds. The van der Waals surface area contributed by atoms with Crippen LogP contribution in [0, 0.1) is 12.8 Å². The summed E-state index contributed by atoms with van der Waals surface area (Å²) in [5.74, 6) is 0.883. The van der Waals surface area contributed by atoms with E-state index in [1.807, 2.05) is 57.2 Å². The van der Waals surface area contributed by atoms with Crippen LogP contribution in [0.25, 0.3) is 10.8 Å². The number of amides is 1.